The lowest BCUT2D eigenvalue weighted by Crippen LogP contribution is -2.52. The van der Waals surface area contributed by atoms with Crippen molar-refractivity contribution in [2.24, 2.45) is 0 Å². The monoisotopic (exact) mass is 493 g/mol. The lowest BCUT2D eigenvalue weighted by molar-refractivity contribution is -0.138. The van der Waals surface area contributed by atoms with Gasteiger partial charge in [0, 0.05) is 31.6 Å². The number of amides is 4. The molecule has 0 bridgehead atoms. The number of alkyl halides is 3. The number of fused-ring (bicyclic) bond motifs is 1. The summed E-state index contributed by atoms with van der Waals surface area (Å²) in [5.74, 6) is -1.83. The van der Waals surface area contributed by atoms with Crippen molar-refractivity contribution in [1.82, 2.24) is 15.1 Å². The lowest BCUT2D eigenvalue weighted by atomic mass is 9.90. The molecule has 1 unspecified atom stereocenters. The molecule has 188 valence electrons. The van der Waals surface area contributed by atoms with Crippen LogP contribution in [0.1, 0.15) is 67.1 Å². The van der Waals surface area contributed by atoms with Crippen LogP contribution >= 0.6 is 0 Å². The van der Waals surface area contributed by atoms with Crippen molar-refractivity contribution in [2.75, 3.05) is 13.1 Å². The van der Waals surface area contributed by atoms with Crippen LogP contribution in [0.3, 0.4) is 0 Å². The van der Waals surface area contributed by atoms with E-state index in [4.69, 9.17) is 4.74 Å². The first kappa shape index (κ1) is 24.7. The highest BCUT2D eigenvalue weighted by Crippen LogP contribution is 2.43. The van der Waals surface area contributed by atoms with Gasteiger partial charge in [0.1, 0.15) is 11.6 Å². The van der Waals surface area contributed by atoms with Gasteiger partial charge >= 0.3 is 12.3 Å². The zero-order valence-corrected chi connectivity index (χ0v) is 19.6. The molecule has 8 nitrogen and oxygen atoms in total. The Kier molecular flexibility index (Phi) is 6.14. The number of rotatable bonds is 2. The third kappa shape index (κ3) is 4.89. The highest BCUT2D eigenvalue weighted by molar-refractivity contribution is 6.05. The second kappa shape index (κ2) is 8.69. The minimum atomic E-state index is -4.75. The number of piperidine rings is 1. The van der Waals surface area contributed by atoms with Crippen LogP contribution in [0.5, 0.6) is 0 Å². The number of hydrogen-bond acceptors (Lipinski definition) is 5. The minimum Gasteiger partial charge on any atom is -0.444 e. The van der Waals surface area contributed by atoms with E-state index in [1.54, 1.807) is 26.8 Å². The molecule has 1 aromatic carbocycles. The molecule has 1 fully saturated rings. The second-order valence-corrected chi connectivity index (χ2v) is 9.82. The van der Waals surface area contributed by atoms with Crippen molar-refractivity contribution in [3.05, 3.63) is 40.5 Å². The highest BCUT2D eigenvalue weighted by Gasteiger charge is 2.45. The summed E-state index contributed by atoms with van der Waals surface area (Å²) in [5, 5.41) is 2.14. The van der Waals surface area contributed by atoms with E-state index in [2.05, 4.69) is 5.32 Å². The van der Waals surface area contributed by atoms with Gasteiger partial charge in [0.2, 0.25) is 11.8 Å². The molecule has 0 aliphatic carbocycles. The number of nitrogens with one attached hydrogen (secondary N) is 1. The summed E-state index contributed by atoms with van der Waals surface area (Å²) in [6, 6.07) is 1.63. The Labute approximate surface area is 200 Å². The molecule has 4 amide bonds. The summed E-state index contributed by atoms with van der Waals surface area (Å²) < 4.78 is 48.3. The van der Waals surface area contributed by atoms with Gasteiger partial charge < -0.3 is 14.5 Å². The van der Waals surface area contributed by atoms with E-state index in [1.165, 1.54) is 17.0 Å². The zero-order chi connectivity index (χ0) is 25.7. The maximum atomic E-state index is 14.3. The van der Waals surface area contributed by atoms with Crippen molar-refractivity contribution in [3.63, 3.8) is 0 Å². The van der Waals surface area contributed by atoms with E-state index >= 15 is 0 Å². The third-order valence-electron chi connectivity index (χ3n) is 6.21. The fraction of sp³-hybridized carbons (Fsp3) is 0.500. The van der Waals surface area contributed by atoms with Crippen molar-refractivity contribution in [2.45, 2.75) is 64.4 Å². The SMILES string of the molecule is CC(C)(C)OC(=O)N1CC=C(c2ccc3c(c2C(F)(F)F)CN(C2CCC(=O)NC2=O)C3=O)CC1. The number of ether oxygens (including phenoxy) is 1. The first-order valence-electron chi connectivity index (χ1n) is 11.3. The second-order valence-electron chi connectivity index (χ2n) is 9.82. The third-order valence-corrected chi connectivity index (χ3v) is 6.21. The molecule has 1 atom stereocenters. The van der Waals surface area contributed by atoms with Crippen LogP contribution in [-0.2, 0) is 27.0 Å². The molecule has 0 saturated carbocycles. The number of halogens is 3. The minimum absolute atomic E-state index is 0.00887. The number of carbonyl (C=O) groups is 4. The molecule has 35 heavy (non-hydrogen) atoms. The van der Waals surface area contributed by atoms with Crippen LogP contribution in [-0.4, -0.2) is 58.3 Å². The average molecular weight is 493 g/mol. The molecule has 3 aliphatic rings. The molecule has 11 heteroatoms. The summed E-state index contributed by atoms with van der Waals surface area (Å²) in [7, 11) is 0. The fourth-order valence-corrected chi connectivity index (χ4v) is 4.64. The van der Waals surface area contributed by atoms with Crippen LogP contribution < -0.4 is 5.32 Å². The number of carbonyl (C=O) groups excluding carboxylic acids is 4. The largest absolute Gasteiger partial charge is 0.444 e. The average Bonchev–Trinajstić information content (AvgIpc) is 3.07. The van der Waals surface area contributed by atoms with E-state index in [0.717, 1.165) is 4.90 Å². The van der Waals surface area contributed by atoms with Gasteiger partial charge in [-0.25, -0.2) is 4.79 Å². The number of hydrogen-bond donors (Lipinski definition) is 1. The maximum absolute atomic E-state index is 14.3. The topological polar surface area (TPSA) is 96.0 Å². The molecule has 0 radical (unpaired) electrons. The zero-order valence-electron chi connectivity index (χ0n) is 19.6. The Bertz CT molecular complexity index is 1140. The lowest BCUT2D eigenvalue weighted by Gasteiger charge is -2.30. The Morgan fingerprint density at radius 1 is 1.09 bits per heavy atom. The van der Waals surface area contributed by atoms with Gasteiger partial charge in [-0.15, -0.1) is 0 Å². The Hall–Kier alpha value is -3.37. The van der Waals surface area contributed by atoms with Gasteiger partial charge in [0.25, 0.3) is 5.91 Å². The summed E-state index contributed by atoms with van der Waals surface area (Å²) in [4.78, 5) is 51.5. The molecule has 0 aromatic heterocycles. The Morgan fingerprint density at radius 3 is 2.34 bits per heavy atom. The number of benzene rings is 1. The van der Waals surface area contributed by atoms with E-state index in [-0.39, 0.29) is 55.6 Å². The number of imide groups is 1. The van der Waals surface area contributed by atoms with Gasteiger partial charge in [-0.2, -0.15) is 13.2 Å². The smallest absolute Gasteiger partial charge is 0.417 e. The van der Waals surface area contributed by atoms with Crippen LogP contribution in [0.4, 0.5) is 18.0 Å². The van der Waals surface area contributed by atoms with Gasteiger partial charge in [-0.05, 0) is 56.4 Å². The molecule has 4 rings (SSSR count). The van der Waals surface area contributed by atoms with Crippen molar-refractivity contribution in [1.29, 1.82) is 0 Å². The van der Waals surface area contributed by atoms with Crippen LogP contribution in [0.15, 0.2) is 18.2 Å². The first-order chi connectivity index (χ1) is 16.3. The first-order valence-corrected chi connectivity index (χ1v) is 11.3. The van der Waals surface area contributed by atoms with Crippen LogP contribution in [0.25, 0.3) is 5.57 Å². The van der Waals surface area contributed by atoms with E-state index in [9.17, 15) is 32.3 Å². The quantitative estimate of drug-likeness (QED) is 0.637. The molecule has 3 aliphatic heterocycles. The van der Waals surface area contributed by atoms with Gasteiger partial charge in [-0.3, -0.25) is 19.7 Å². The number of nitrogens with zero attached hydrogens (tertiary/aromatic N) is 2. The summed E-state index contributed by atoms with van der Waals surface area (Å²) in [6.07, 6.45) is -3.46. The van der Waals surface area contributed by atoms with E-state index in [0.29, 0.717) is 5.57 Å². The molecule has 3 heterocycles. The van der Waals surface area contributed by atoms with Crippen molar-refractivity contribution in [3.8, 4) is 0 Å². The normalized spacial score (nSPS) is 21.0. The summed E-state index contributed by atoms with van der Waals surface area (Å²) in [5.41, 5.74) is -1.50. The molecular formula is C24H26F3N3O5. The highest BCUT2D eigenvalue weighted by atomic mass is 19.4. The molecule has 1 saturated heterocycles. The van der Waals surface area contributed by atoms with E-state index < -0.39 is 47.2 Å². The van der Waals surface area contributed by atoms with E-state index in [1.807, 2.05) is 0 Å². The molecule has 0 spiro atoms. The van der Waals surface area contributed by atoms with Gasteiger partial charge in [0.05, 0.1) is 5.56 Å². The molecule has 1 N–H and O–H groups in total. The Balaban J connectivity index is 1.64. The predicted octanol–water partition coefficient (Wildman–Crippen LogP) is 3.49. The van der Waals surface area contributed by atoms with Crippen molar-refractivity contribution >= 4 is 29.4 Å². The fourth-order valence-electron chi connectivity index (χ4n) is 4.64. The predicted molar refractivity (Wildman–Crippen MR) is 118 cm³/mol. The molecule has 1 aromatic rings. The summed E-state index contributed by atoms with van der Waals surface area (Å²) >= 11 is 0. The van der Waals surface area contributed by atoms with Crippen molar-refractivity contribution < 1.29 is 37.1 Å². The molecular weight excluding hydrogens is 467 g/mol. The standard InChI is InChI=1S/C24H26F3N3O5/c1-23(2,3)35-22(34)29-10-8-13(9-11-29)14-4-5-15-16(19(14)24(25,26)27)12-30(21(15)33)17-6-7-18(31)28-20(17)32/h4-5,8,17H,6-7,9-12H2,1-3H3,(H,28,31,32). The van der Waals surface area contributed by atoms with Gasteiger partial charge in [0.15, 0.2) is 0 Å². The van der Waals surface area contributed by atoms with Gasteiger partial charge in [-0.1, -0.05) is 12.1 Å². The summed E-state index contributed by atoms with van der Waals surface area (Å²) in [6.45, 7) is 5.11. The maximum Gasteiger partial charge on any atom is 0.417 e. The van der Waals surface area contributed by atoms with Crippen LogP contribution in [0, 0.1) is 0 Å². The Morgan fingerprint density at radius 2 is 1.77 bits per heavy atom. The van der Waals surface area contributed by atoms with Crippen LogP contribution in [0.2, 0.25) is 0 Å².